The van der Waals surface area contributed by atoms with Crippen LogP contribution >= 0.6 is 23.2 Å². The molecule has 0 aliphatic carbocycles. The smallest absolute Gasteiger partial charge is 0.244 e. The summed E-state index contributed by atoms with van der Waals surface area (Å²) in [4.78, 5) is 14.3. The first-order valence-corrected chi connectivity index (χ1v) is 10.2. The van der Waals surface area contributed by atoms with Crippen LogP contribution in [0.15, 0.2) is 54.6 Å². The van der Waals surface area contributed by atoms with Gasteiger partial charge in [-0.25, -0.2) is 0 Å². The molecule has 0 unspecified atom stereocenters. The molecule has 0 atom stereocenters. The molecule has 0 saturated carbocycles. The molecule has 0 bridgehead atoms. The molecule has 3 rings (SSSR count). The molecule has 1 saturated heterocycles. The fourth-order valence-corrected chi connectivity index (χ4v) is 3.41. The highest BCUT2D eigenvalue weighted by Crippen LogP contribution is 2.28. The molecule has 28 heavy (non-hydrogen) atoms. The number of hydrogen-bond donors (Lipinski definition) is 1. The Morgan fingerprint density at radius 1 is 1.11 bits per heavy atom. The second-order valence-corrected chi connectivity index (χ2v) is 7.58. The van der Waals surface area contributed by atoms with Crippen molar-refractivity contribution < 1.29 is 9.53 Å². The van der Waals surface area contributed by atoms with Crippen LogP contribution in [0.5, 0.6) is 5.75 Å². The molecule has 1 fully saturated rings. The highest BCUT2D eigenvalue weighted by Gasteiger charge is 2.20. The van der Waals surface area contributed by atoms with Crippen LogP contribution < -0.4 is 10.1 Å². The van der Waals surface area contributed by atoms with Crippen molar-refractivity contribution in [3.05, 3.63) is 70.2 Å². The van der Waals surface area contributed by atoms with Gasteiger partial charge >= 0.3 is 0 Å². The Balaban J connectivity index is 1.33. The summed E-state index contributed by atoms with van der Waals surface area (Å²) in [6.45, 7) is 3.37. The summed E-state index contributed by atoms with van der Waals surface area (Å²) in [6.07, 6.45) is 5.47. The Hall–Kier alpha value is -2.01. The summed E-state index contributed by atoms with van der Waals surface area (Å²) in [5.74, 6) is 0.687. The van der Waals surface area contributed by atoms with Crippen molar-refractivity contribution in [3.63, 3.8) is 0 Å². The Bertz CT molecular complexity index is 803. The van der Waals surface area contributed by atoms with Crippen molar-refractivity contribution in [1.29, 1.82) is 0 Å². The minimum Gasteiger partial charge on any atom is -0.490 e. The average molecular weight is 419 g/mol. The number of nitrogens with one attached hydrogen (secondary N) is 1. The maximum Gasteiger partial charge on any atom is 0.244 e. The lowest BCUT2D eigenvalue weighted by Gasteiger charge is -2.32. The molecule has 2 aromatic rings. The zero-order chi connectivity index (χ0) is 19.8. The number of ether oxygens (including phenoxy) is 1. The van der Waals surface area contributed by atoms with E-state index in [9.17, 15) is 4.79 Å². The largest absolute Gasteiger partial charge is 0.490 e. The molecule has 2 aromatic carbocycles. The molecular formula is C22H24Cl2N2O2. The number of nitrogens with zero attached hydrogens (tertiary/aromatic N) is 1. The van der Waals surface area contributed by atoms with Gasteiger partial charge in [-0.15, -0.1) is 0 Å². The van der Waals surface area contributed by atoms with Crippen molar-refractivity contribution in [2.45, 2.75) is 18.9 Å². The second-order valence-electron chi connectivity index (χ2n) is 6.77. The summed E-state index contributed by atoms with van der Waals surface area (Å²) in [7, 11) is 0. The van der Waals surface area contributed by atoms with Gasteiger partial charge in [0.15, 0.2) is 0 Å². The molecule has 0 aromatic heterocycles. The van der Waals surface area contributed by atoms with Crippen molar-refractivity contribution in [2.75, 3.05) is 26.2 Å². The summed E-state index contributed by atoms with van der Waals surface area (Å²) in [5.41, 5.74) is 1.02. The van der Waals surface area contributed by atoms with Crippen LogP contribution in [0, 0.1) is 0 Å². The van der Waals surface area contributed by atoms with Crippen molar-refractivity contribution in [2.24, 2.45) is 0 Å². The number of amides is 1. The van der Waals surface area contributed by atoms with E-state index in [1.807, 2.05) is 42.5 Å². The van der Waals surface area contributed by atoms with Crippen molar-refractivity contribution >= 4 is 35.2 Å². The van der Waals surface area contributed by atoms with Gasteiger partial charge in [-0.2, -0.15) is 0 Å². The Kier molecular flexibility index (Phi) is 7.78. The third-order valence-corrected chi connectivity index (χ3v) is 5.42. The highest BCUT2D eigenvalue weighted by atomic mass is 35.5. The van der Waals surface area contributed by atoms with Crippen LogP contribution in [-0.2, 0) is 4.79 Å². The topological polar surface area (TPSA) is 41.6 Å². The van der Waals surface area contributed by atoms with Crippen LogP contribution in [0.2, 0.25) is 10.0 Å². The maximum atomic E-state index is 11.9. The van der Waals surface area contributed by atoms with Crippen molar-refractivity contribution in [1.82, 2.24) is 10.2 Å². The van der Waals surface area contributed by atoms with Crippen molar-refractivity contribution in [3.8, 4) is 5.75 Å². The molecule has 1 amide bonds. The van der Waals surface area contributed by atoms with E-state index in [1.165, 1.54) is 0 Å². The lowest BCUT2D eigenvalue weighted by molar-refractivity contribution is -0.116. The zero-order valence-corrected chi connectivity index (χ0v) is 17.1. The Labute approximate surface area is 176 Å². The number of rotatable bonds is 7. The van der Waals surface area contributed by atoms with E-state index in [2.05, 4.69) is 10.2 Å². The Morgan fingerprint density at radius 3 is 2.57 bits per heavy atom. The normalized spacial score (nSPS) is 15.6. The molecular weight excluding hydrogens is 395 g/mol. The van der Waals surface area contributed by atoms with E-state index in [-0.39, 0.29) is 12.0 Å². The van der Waals surface area contributed by atoms with Gasteiger partial charge in [-0.1, -0.05) is 53.5 Å². The van der Waals surface area contributed by atoms with Gasteiger partial charge in [-0.05, 0) is 36.6 Å². The molecule has 148 valence electrons. The van der Waals surface area contributed by atoms with Gasteiger partial charge in [0.2, 0.25) is 5.91 Å². The summed E-state index contributed by atoms with van der Waals surface area (Å²) >= 11 is 12.0. The number of piperidine rings is 1. The zero-order valence-electron chi connectivity index (χ0n) is 15.6. The molecule has 1 N–H and O–H groups in total. The molecule has 0 radical (unpaired) electrons. The minimum absolute atomic E-state index is 0.0679. The molecule has 1 heterocycles. The van der Waals surface area contributed by atoms with Crippen LogP contribution in [0.3, 0.4) is 0 Å². The summed E-state index contributed by atoms with van der Waals surface area (Å²) in [6, 6.07) is 15.1. The van der Waals surface area contributed by atoms with E-state index >= 15 is 0 Å². The molecule has 6 heteroatoms. The summed E-state index contributed by atoms with van der Waals surface area (Å²) in [5, 5.41) is 3.98. The van der Waals surface area contributed by atoms with Crippen LogP contribution in [-0.4, -0.2) is 43.1 Å². The first-order chi connectivity index (χ1) is 13.6. The van der Waals surface area contributed by atoms with Gasteiger partial charge in [-0.3, -0.25) is 4.79 Å². The number of benzene rings is 2. The van der Waals surface area contributed by atoms with Crippen LogP contribution in [0.1, 0.15) is 18.4 Å². The third-order valence-electron chi connectivity index (χ3n) is 4.68. The van der Waals surface area contributed by atoms with E-state index in [4.69, 9.17) is 27.9 Å². The number of carbonyl (C=O) groups excluding carboxylic acids is 1. The average Bonchev–Trinajstić information content (AvgIpc) is 2.71. The van der Waals surface area contributed by atoms with Gasteiger partial charge < -0.3 is 15.0 Å². The number of likely N-dealkylation sites (tertiary alicyclic amines) is 1. The lowest BCUT2D eigenvalue weighted by Crippen LogP contribution is -2.42. The fourth-order valence-electron chi connectivity index (χ4n) is 3.13. The van der Waals surface area contributed by atoms with Crippen LogP contribution in [0.25, 0.3) is 6.08 Å². The van der Waals surface area contributed by atoms with Crippen LogP contribution in [0.4, 0.5) is 0 Å². The monoisotopic (exact) mass is 418 g/mol. The van der Waals surface area contributed by atoms with E-state index in [1.54, 1.807) is 18.2 Å². The first kappa shape index (κ1) is 20.7. The predicted molar refractivity (Wildman–Crippen MR) is 115 cm³/mol. The minimum atomic E-state index is -0.0679. The number of carbonyl (C=O) groups is 1. The molecule has 1 aliphatic rings. The fraction of sp³-hybridized carbons (Fsp3) is 0.318. The lowest BCUT2D eigenvalue weighted by atomic mass is 10.1. The quantitative estimate of drug-likeness (QED) is 0.664. The molecule has 4 nitrogen and oxygen atoms in total. The number of hydrogen-bond acceptors (Lipinski definition) is 3. The predicted octanol–water partition coefficient (Wildman–Crippen LogP) is 4.67. The third kappa shape index (κ3) is 6.55. The van der Waals surface area contributed by atoms with E-state index in [0.29, 0.717) is 16.6 Å². The van der Waals surface area contributed by atoms with Gasteiger partial charge in [0, 0.05) is 38.3 Å². The first-order valence-electron chi connectivity index (χ1n) is 9.45. The van der Waals surface area contributed by atoms with Gasteiger partial charge in [0.05, 0.1) is 10.0 Å². The van der Waals surface area contributed by atoms with E-state index < -0.39 is 0 Å². The second kappa shape index (κ2) is 10.5. The summed E-state index contributed by atoms with van der Waals surface area (Å²) < 4.78 is 6.01. The van der Waals surface area contributed by atoms with Gasteiger partial charge in [0.25, 0.3) is 0 Å². The highest BCUT2D eigenvalue weighted by molar-refractivity contribution is 6.42. The molecule has 0 spiro atoms. The standard InChI is InChI=1S/C22H24Cl2N2O2/c23-20-8-7-19(16-21(20)24)28-18-10-13-26(14-11-18)15-12-25-22(27)9-6-17-4-2-1-3-5-17/h1-9,16,18H,10-15H2,(H,25,27)/b9-6+. The maximum absolute atomic E-state index is 11.9. The van der Waals surface area contributed by atoms with Gasteiger partial charge in [0.1, 0.15) is 11.9 Å². The van der Waals surface area contributed by atoms with E-state index in [0.717, 1.165) is 43.8 Å². The Morgan fingerprint density at radius 2 is 1.86 bits per heavy atom. The number of halogens is 2. The molecule has 1 aliphatic heterocycles. The SMILES string of the molecule is O=C(/C=C/c1ccccc1)NCCN1CCC(Oc2ccc(Cl)c(Cl)c2)CC1.